The molecule has 5 heteroatoms. The Kier molecular flexibility index (Phi) is 5.43. The van der Waals surface area contributed by atoms with Crippen molar-refractivity contribution in [2.75, 3.05) is 17.7 Å². The monoisotopic (exact) mass is 316 g/mol. The van der Waals surface area contributed by atoms with E-state index in [-0.39, 0.29) is 23.0 Å². The van der Waals surface area contributed by atoms with Crippen LogP contribution >= 0.6 is 11.6 Å². The van der Waals surface area contributed by atoms with Gasteiger partial charge in [0.15, 0.2) is 0 Å². The van der Waals surface area contributed by atoms with Crippen molar-refractivity contribution in [1.29, 1.82) is 0 Å². The molecule has 0 aromatic heterocycles. The molecule has 2 rings (SSSR count). The number of nitrogens with zero attached hydrogens (tertiary/aromatic N) is 1. The van der Waals surface area contributed by atoms with Crippen LogP contribution in [0.3, 0.4) is 0 Å². The topological polar surface area (TPSA) is 46.3 Å². The standard InChI is InChI=1S/C14H13ClN2O.Fe/c1-17(13-8-4-11(15)5-9-13)14(18)10-2-6-12(16)7-3-10;/h2-9H,16H2,1H3;. The summed E-state index contributed by atoms with van der Waals surface area (Å²) in [6, 6.07) is 14.0. The molecule has 0 atom stereocenters. The fourth-order valence-corrected chi connectivity index (χ4v) is 1.73. The Morgan fingerprint density at radius 3 is 2.11 bits per heavy atom. The first-order valence-corrected chi connectivity index (χ1v) is 5.85. The zero-order valence-electron chi connectivity index (χ0n) is 10.3. The number of anilines is 2. The predicted molar refractivity (Wildman–Crippen MR) is 75.0 cm³/mol. The molecule has 19 heavy (non-hydrogen) atoms. The van der Waals surface area contributed by atoms with Crippen LogP contribution in [0.4, 0.5) is 11.4 Å². The van der Waals surface area contributed by atoms with Crippen molar-refractivity contribution in [1.82, 2.24) is 0 Å². The van der Waals surface area contributed by atoms with Crippen LogP contribution in [0.5, 0.6) is 0 Å². The molecule has 0 heterocycles. The van der Waals surface area contributed by atoms with Crippen LogP contribution in [0.2, 0.25) is 5.02 Å². The van der Waals surface area contributed by atoms with E-state index in [0.717, 1.165) is 5.69 Å². The average molecular weight is 317 g/mol. The quantitative estimate of drug-likeness (QED) is 0.683. The normalized spacial score (nSPS) is 9.58. The summed E-state index contributed by atoms with van der Waals surface area (Å²) in [4.78, 5) is 13.8. The van der Waals surface area contributed by atoms with Crippen molar-refractivity contribution in [3.05, 3.63) is 59.1 Å². The van der Waals surface area contributed by atoms with Gasteiger partial charge >= 0.3 is 0 Å². The number of nitrogen functional groups attached to an aromatic ring is 1. The number of amides is 1. The minimum Gasteiger partial charge on any atom is -0.399 e. The third-order valence-corrected chi connectivity index (χ3v) is 2.93. The molecule has 3 nitrogen and oxygen atoms in total. The van der Waals surface area contributed by atoms with Gasteiger partial charge in [-0.25, -0.2) is 0 Å². The fraction of sp³-hybridized carbons (Fsp3) is 0.0714. The maximum Gasteiger partial charge on any atom is 0.258 e. The van der Waals surface area contributed by atoms with Crippen molar-refractivity contribution in [3.63, 3.8) is 0 Å². The van der Waals surface area contributed by atoms with E-state index in [1.807, 2.05) is 0 Å². The Morgan fingerprint density at radius 2 is 1.58 bits per heavy atom. The summed E-state index contributed by atoms with van der Waals surface area (Å²) in [5.74, 6) is -0.0858. The molecular formula is C14H13ClFeN2O. The number of halogens is 1. The number of benzene rings is 2. The number of rotatable bonds is 2. The Bertz CT molecular complexity index is 555. The summed E-state index contributed by atoms with van der Waals surface area (Å²) in [7, 11) is 1.72. The van der Waals surface area contributed by atoms with E-state index < -0.39 is 0 Å². The summed E-state index contributed by atoms with van der Waals surface area (Å²) >= 11 is 5.81. The second-order valence-corrected chi connectivity index (χ2v) is 4.40. The van der Waals surface area contributed by atoms with Gasteiger partial charge in [-0.05, 0) is 48.5 Å². The zero-order chi connectivity index (χ0) is 13.1. The van der Waals surface area contributed by atoms with E-state index in [1.54, 1.807) is 60.5 Å². The van der Waals surface area contributed by atoms with Crippen molar-refractivity contribution in [2.45, 2.75) is 0 Å². The van der Waals surface area contributed by atoms with Gasteiger partial charge in [0.05, 0.1) is 0 Å². The molecule has 0 saturated heterocycles. The minimum atomic E-state index is -0.0858. The Labute approximate surface area is 127 Å². The minimum absolute atomic E-state index is 0. The fourth-order valence-electron chi connectivity index (χ4n) is 1.60. The molecule has 0 radical (unpaired) electrons. The van der Waals surface area contributed by atoms with Gasteiger partial charge in [-0.2, -0.15) is 0 Å². The van der Waals surface area contributed by atoms with Gasteiger partial charge in [0.25, 0.3) is 5.91 Å². The second-order valence-electron chi connectivity index (χ2n) is 3.96. The molecule has 0 aliphatic carbocycles. The summed E-state index contributed by atoms with van der Waals surface area (Å²) < 4.78 is 0. The van der Waals surface area contributed by atoms with Crippen molar-refractivity contribution >= 4 is 28.9 Å². The molecule has 0 aliphatic rings. The van der Waals surface area contributed by atoms with Crippen LogP contribution in [-0.2, 0) is 17.1 Å². The first-order chi connectivity index (χ1) is 8.58. The van der Waals surface area contributed by atoms with E-state index in [2.05, 4.69) is 0 Å². The summed E-state index contributed by atoms with van der Waals surface area (Å²) in [6.07, 6.45) is 0. The first kappa shape index (κ1) is 15.6. The van der Waals surface area contributed by atoms with E-state index in [1.165, 1.54) is 0 Å². The number of hydrogen-bond acceptors (Lipinski definition) is 2. The summed E-state index contributed by atoms with van der Waals surface area (Å²) in [5.41, 5.74) is 7.62. The predicted octanol–water partition coefficient (Wildman–Crippen LogP) is 3.20. The maximum atomic E-state index is 12.2. The van der Waals surface area contributed by atoms with E-state index >= 15 is 0 Å². The largest absolute Gasteiger partial charge is 0.399 e. The van der Waals surface area contributed by atoms with Crippen LogP contribution in [0, 0.1) is 0 Å². The van der Waals surface area contributed by atoms with Crippen LogP contribution in [0.25, 0.3) is 0 Å². The molecule has 0 spiro atoms. The van der Waals surface area contributed by atoms with Gasteiger partial charge in [0, 0.05) is 46.1 Å². The van der Waals surface area contributed by atoms with Crippen LogP contribution in [0.15, 0.2) is 48.5 Å². The van der Waals surface area contributed by atoms with E-state index in [9.17, 15) is 4.79 Å². The number of hydrogen-bond donors (Lipinski definition) is 1. The second kappa shape index (κ2) is 6.62. The maximum absolute atomic E-state index is 12.2. The molecule has 0 aliphatic heterocycles. The van der Waals surface area contributed by atoms with E-state index in [4.69, 9.17) is 17.3 Å². The number of carbonyl (C=O) groups excluding carboxylic acids is 1. The third-order valence-electron chi connectivity index (χ3n) is 2.68. The summed E-state index contributed by atoms with van der Waals surface area (Å²) in [5, 5.41) is 0.645. The SMILES string of the molecule is CN(C(=O)c1ccc(N)cc1)c1ccc(Cl)cc1.[Fe]. The molecule has 2 aromatic rings. The molecule has 1 amide bonds. The number of nitrogens with two attached hydrogens (primary N) is 1. The smallest absolute Gasteiger partial charge is 0.258 e. The van der Waals surface area contributed by atoms with Crippen LogP contribution in [0.1, 0.15) is 10.4 Å². The zero-order valence-corrected chi connectivity index (χ0v) is 12.1. The van der Waals surface area contributed by atoms with Gasteiger partial charge in [-0.15, -0.1) is 0 Å². The first-order valence-electron chi connectivity index (χ1n) is 5.47. The Hall–Kier alpha value is -1.48. The van der Waals surface area contributed by atoms with Gasteiger partial charge in [-0.3, -0.25) is 4.79 Å². The van der Waals surface area contributed by atoms with Crippen LogP contribution in [-0.4, -0.2) is 13.0 Å². The Morgan fingerprint density at radius 1 is 1.05 bits per heavy atom. The molecule has 2 aromatic carbocycles. The van der Waals surface area contributed by atoms with Gasteiger partial charge in [0.2, 0.25) is 0 Å². The van der Waals surface area contributed by atoms with Gasteiger partial charge in [0.1, 0.15) is 0 Å². The molecular weight excluding hydrogens is 303 g/mol. The average Bonchev–Trinajstić information content (AvgIpc) is 2.39. The molecule has 0 fully saturated rings. The summed E-state index contributed by atoms with van der Waals surface area (Å²) in [6.45, 7) is 0. The van der Waals surface area contributed by atoms with Crippen molar-refractivity contribution in [2.24, 2.45) is 0 Å². The van der Waals surface area contributed by atoms with E-state index in [0.29, 0.717) is 16.3 Å². The van der Waals surface area contributed by atoms with Gasteiger partial charge in [-0.1, -0.05) is 11.6 Å². The third kappa shape index (κ3) is 3.74. The van der Waals surface area contributed by atoms with Crippen molar-refractivity contribution < 1.29 is 21.9 Å². The van der Waals surface area contributed by atoms with Crippen LogP contribution < -0.4 is 10.6 Å². The molecule has 0 saturated carbocycles. The Balaban J connectivity index is 0.00000180. The van der Waals surface area contributed by atoms with Crippen molar-refractivity contribution in [3.8, 4) is 0 Å². The van der Waals surface area contributed by atoms with Gasteiger partial charge < -0.3 is 10.6 Å². The molecule has 0 bridgehead atoms. The number of carbonyl (C=O) groups is 1. The molecule has 100 valence electrons. The molecule has 0 unspecified atom stereocenters. The molecule has 2 N–H and O–H groups in total.